The summed E-state index contributed by atoms with van der Waals surface area (Å²) in [4.78, 5) is 56.4. The van der Waals surface area contributed by atoms with Gasteiger partial charge in [-0.15, -0.1) is 0 Å². The van der Waals surface area contributed by atoms with Crippen LogP contribution in [0.3, 0.4) is 0 Å². The molecule has 0 aliphatic heterocycles. The van der Waals surface area contributed by atoms with Gasteiger partial charge in [0, 0.05) is 18.4 Å². The zero-order chi connectivity index (χ0) is 47.0. The molecule has 1 amide bonds. The first-order valence-corrected chi connectivity index (χ1v) is 21.9. The van der Waals surface area contributed by atoms with Crippen LogP contribution in [0.2, 0.25) is 0 Å². The summed E-state index contributed by atoms with van der Waals surface area (Å²) in [5.41, 5.74) is 12.9. The summed E-state index contributed by atoms with van der Waals surface area (Å²) < 4.78 is 44.0. The van der Waals surface area contributed by atoms with Gasteiger partial charge in [0.2, 0.25) is 20.0 Å². The number of carbonyl (C=O) groups is 5. The molecule has 0 aliphatic carbocycles. The van der Waals surface area contributed by atoms with Crippen LogP contribution in [0.25, 0.3) is 0 Å². The van der Waals surface area contributed by atoms with Gasteiger partial charge in [-0.05, 0) is 79.2 Å². The number of carbonyl (C=O) groups excluding carboxylic acids is 3. The van der Waals surface area contributed by atoms with Crippen LogP contribution in [0.1, 0.15) is 89.0 Å². The largest absolute Gasteiger partial charge is 0.481 e. The molecule has 0 aliphatic rings. The number of rotatable bonds is 13. The number of aromatic carboxylic acids is 1. The number of Topliss-reactive ketones (excluding diaryl/α,β-unsaturated/α-hetero) is 2. The fourth-order valence-corrected chi connectivity index (χ4v) is 5.98. The minimum atomic E-state index is -3.81. The average Bonchev–Trinajstić information content (AvgIpc) is 3.28. The van der Waals surface area contributed by atoms with E-state index in [9.17, 15) is 40.8 Å². The highest BCUT2D eigenvalue weighted by Crippen LogP contribution is 2.18. The van der Waals surface area contributed by atoms with Gasteiger partial charge in [0.25, 0.3) is 5.91 Å². The third-order valence-electron chi connectivity index (χ3n) is 8.48. The third kappa shape index (κ3) is 18.5. The number of sulfonamides is 2. The Morgan fingerprint density at radius 1 is 0.548 bits per heavy atom. The maximum absolute atomic E-state index is 12.4. The number of carboxylic acids is 2. The van der Waals surface area contributed by atoms with Gasteiger partial charge < -0.3 is 27.0 Å². The molecule has 5 aromatic rings. The number of nitrogens with one attached hydrogen (secondary N) is 1. The first-order valence-electron chi connectivity index (χ1n) is 18.8. The van der Waals surface area contributed by atoms with Gasteiger partial charge in [0.05, 0.1) is 27.3 Å². The lowest BCUT2D eigenvalue weighted by Gasteiger charge is -2.17. The van der Waals surface area contributed by atoms with Gasteiger partial charge in [0.15, 0.2) is 11.6 Å². The smallest absolute Gasteiger partial charge is 0.335 e. The summed E-state index contributed by atoms with van der Waals surface area (Å²) in [7, 11) is -6.05. The van der Waals surface area contributed by atoms with E-state index in [2.05, 4.69) is 11.1 Å². The number of primary sulfonamides is 2. The Labute approximate surface area is 362 Å². The summed E-state index contributed by atoms with van der Waals surface area (Å²) in [6.45, 7) is 5.23. The molecule has 0 spiro atoms. The van der Waals surface area contributed by atoms with Crippen LogP contribution in [0.5, 0.6) is 0 Å². The first-order chi connectivity index (χ1) is 29.2. The van der Waals surface area contributed by atoms with E-state index in [0.717, 1.165) is 23.3 Å². The molecule has 0 fully saturated rings. The predicted molar refractivity (Wildman–Crippen MR) is 236 cm³/mol. The molecular weight excluding hydrogens is 839 g/mol. The fraction of sp³-hybridized carbons (Fsp3) is 0.205. The molecule has 3 atom stereocenters. The van der Waals surface area contributed by atoms with E-state index >= 15 is 0 Å². The van der Waals surface area contributed by atoms with Gasteiger partial charge in [-0.2, -0.15) is 0 Å². The van der Waals surface area contributed by atoms with Gasteiger partial charge in [-0.1, -0.05) is 105 Å². The van der Waals surface area contributed by atoms with Crippen LogP contribution in [-0.2, 0) is 34.4 Å². The minimum absolute atomic E-state index is 0.0207. The van der Waals surface area contributed by atoms with Crippen molar-refractivity contribution in [3.05, 3.63) is 167 Å². The Bertz CT molecular complexity index is 2400. The topological polar surface area (TPSA) is 310 Å². The second-order valence-electron chi connectivity index (χ2n) is 12.8. The summed E-state index contributed by atoms with van der Waals surface area (Å²) in [6.07, 6.45) is 0.778. The molecule has 18 heteroatoms. The Morgan fingerprint density at radius 3 is 1.24 bits per heavy atom. The lowest BCUT2D eigenvalue weighted by Crippen LogP contribution is -2.33. The molecule has 62 heavy (non-hydrogen) atoms. The van der Waals surface area contributed by atoms with Gasteiger partial charge in [-0.25, -0.2) is 31.9 Å². The van der Waals surface area contributed by atoms with Crippen molar-refractivity contribution in [1.82, 2.24) is 5.32 Å². The monoisotopic (exact) mass is 891 g/mol. The summed E-state index contributed by atoms with van der Waals surface area (Å²) >= 11 is 0. The van der Waals surface area contributed by atoms with Crippen molar-refractivity contribution in [3.8, 4) is 0 Å². The van der Waals surface area contributed by atoms with Crippen molar-refractivity contribution >= 4 is 49.5 Å². The van der Waals surface area contributed by atoms with E-state index in [4.69, 9.17) is 26.2 Å². The van der Waals surface area contributed by atoms with Crippen LogP contribution in [0.15, 0.2) is 149 Å². The Hall–Kier alpha value is -6.41. The Kier molecular flexibility index (Phi) is 23.1. The van der Waals surface area contributed by atoms with E-state index in [1.54, 1.807) is 38.1 Å². The first kappa shape index (κ1) is 53.6. The highest BCUT2D eigenvalue weighted by molar-refractivity contribution is 7.89. The lowest BCUT2D eigenvalue weighted by atomic mass is 10.0. The van der Waals surface area contributed by atoms with Crippen molar-refractivity contribution in [2.75, 3.05) is 7.05 Å². The molecule has 0 saturated carbocycles. The van der Waals surface area contributed by atoms with Crippen molar-refractivity contribution < 1.29 is 51.0 Å². The number of carboxylic acid groups (broad SMARTS) is 2. The maximum Gasteiger partial charge on any atom is 0.335 e. The molecule has 11 N–H and O–H groups in total. The fourth-order valence-electron chi connectivity index (χ4n) is 4.95. The SMILES string of the molecule is CCC(=O)[C@@H](N)c1ccccc1.CCC(=O)[C@@H](NC(=O)c1ccc(S(N)(=O)=O)cc1)c1ccccc1.CN.C[C@H](C(=O)O)c1ccccc1.NS(=O)(=O)c1ccc(C(=O)O)cc1. The second kappa shape index (κ2) is 26.7. The van der Waals surface area contributed by atoms with E-state index in [0.29, 0.717) is 12.0 Å². The van der Waals surface area contributed by atoms with Gasteiger partial charge in [0.1, 0.15) is 6.04 Å². The Morgan fingerprint density at radius 2 is 0.903 bits per heavy atom. The lowest BCUT2D eigenvalue weighted by molar-refractivity contribution is -0.138. The number of hydrogen-bond acceptors (Lipinski definition) is 11. The molecule has 5 aromatic carbocycles. The molecule has 16 nitrogen and oxygen atoms in total. The molecule has 0 saturated heterocycles. The van der Waals surface area contributed by atoms with Crippen LogP contribution >= 0.6 is 0 Å². The maximum atomic E-state index is 12.4. The summed E-state index contributed by atoms with van der Waals surface area (Å²) in [5, 5.41) is 29.7. The van der Waals surface area contributed by atoms with Gasteiger partial charge in [-0.3, -0.25) is 19.2 Å². The molecular formula is C44H53N5O11S2. The number of amides is 1. The average molecular weight is 892 g/mol. The molecule has 0 unspecified atom stereocenters. The minimum Gasteiger partial charge on any atom is -0.481 e. The van der Waals surface area contributed by atoms with Crippen LogP contribution in [0, 0.1) is 0 Å². The van der Waals surface area contributed by atoms with E-state index < -0.39 is 55.9 Å². The number of ketones is 2. The number of aliphatic carboxylic acids is 1. The highest BCUT2D eigenvalue weighted by Gasteiger charge is 2.22. The standard InChI is InChI=1S/C17H18N2O4S.C10H13NO.C9H10O2.C7H7NO4S.CH5N/c1-2-15(20)16(12-6-4-3-5-7-12)19-17(21)13-8-10-14(11-9-13)24(18,22)23;1-2-9(12)10(11)8-6-4-3-5-7-8;1-7(9(10)11)8-5-3-2-4-6-8;8-13(11,12)6-3-1-5(2-4-6)7(9)10;1-2/h3-11,16H,2H2,1H3,(H,19,21)(H2,18,22,23);3-7,10H,2,11H2,1H3;2-7H,1H3,(H,10,11);1-4H,(H,9,10)(H2,8,11,12);2H2,1H3/t16-;10-;7-;;/m000../s1. The highest BCUT2D eigenvalue weighted by atomic mass is 32.2. The number of hydrogen-bond donors (Lipinski definition) is 7. The normalized spacial score (nSPS) is 11.9. The Balaban J connectivity index is 0.000000433. The van der Waals surface area contributed by atoms with Crippen molar-refractivity contribution in [1.29, 1.82) is 0 Å². The molecule has 332 valence electrons. The molecule has 0 heterocycles. The predicted octanol–water partition coefficient (Wildman–Crippen LogP) is 4.93. The molecule has 5 rings (SSSR count). The van der Waals surface area contributed by atoms with Crippen molar-refractivity contribution in [2.24, 2.45) is 21.7 Å². The van der Waals surface area contributed by atoms with Crippen LogP contribution < -0.4 is 27.1 Å². The quantitative estimate of drug-likeness (QED) is 0.0826. The number of benzene rings is 5. The van der Waals surface area contributed by atoms with E-state index in [-0.39, 0.29) is 38.9 Å². The van der Waals surface area contributed by atoms with Crippen LogP contribution in [0.4, 0.5) is 0 Å². The van der Waals surface area contributed by atoms with Gasteiger partial charge >= 0.3 is 11.9 Å². The zero-order valence-corrected chi connectivity index (χ0v) is 36.3. The molecule has 0 radical (unpaired) electrons. The van der Waals surface area contributed by atoms with Crippen molar-refractivity contribution in [3.63, 3.8) is 0 Å². The molecule has 0 aromatic heterocycles. The van der Waals surface area contributed by atoms with Crippen LogP contribution in [-0.4, -0.2) is 63.5 Å². The molecule has 0 bridgehead atoms. The van der Waals surface area contributed by atoms with E-state index in [1.165, 1.54) is 43.4 Å². The second-order valence-corrected chi connectivity index (χ2v) is 15.9. The third-order valence-corrected chi connectivity index (χ3v) is 10.3. The zero-order valence-electron chi connectivity index (χ0n) is 34.6. The van der Waals surface area contributed by atoms with E-state index in [1.807, 2.05) is 73.7 Å². The number of nitrogens with two attached hydrogens (primary N) is 4. The van der Waals surface area contributed by atoms with Crippen molar-refractivity contribution in [2.45, 2.75) is 61.4 Å². The summed E-state index contributed by atoms with van der Waals surface area (Å²) in [5.74, 6) is -2.79. The summed E-state index contributed by atoms with van der Waals surface area (Å²) in [6, 6.07) is 36.2.